The first-order chi connectivity index (χ1) is 10.0. The van der Waals surface area contributed by atoms with Crippen molar-refractivity contribution in [1.82, 2.24) is 5.32 Å². The van der Waals surface area contributed by atoms with Gasteiger partial charge in [0.25, 0.3) is 0 Å². The highest BCUT2D eigenvalue weighted by Gasteiger charge is 2.18. The van der Waals surface area contributed by atoms with Crippen LogP contribution < -0.4 is 5.32 Å². The van der Waals surface area contributed by atoms with Gasteiger partial charge in [0.2, 0.25) is 0 Å². The van der Waals surface area contributed by atoms with Gasteiger partial charge in [-0.25, -0.2) is 0 Å². The molecule has 1 N–H and O–H groups in total. The van der Waals surface area contributed by atoms with Crippen molar-refractivity contribution in [1.29, 1.82) is 0 Å². The maximum atomic E-state index is 5.83. The molecule has 122 valence electrons. The number of hydrogen-bond donors (Lipinski definition) is 1. The molecule has 0 aromatic carbocycles. The van der Waals surface area contributed by atoms with Gasteiger partial charge in [0.15, 0.2) is 0 Å². The average Bonchev–Trinajstić information content (AvgIpc) is 2.66. The van der Waals surface area contributed by atoms with E-state index in [1.807, 2.05) is 0 Å². The van der Waals surface area contributed by atoms with Gasteiger partial charge in [0.1, 0.15) is 0 Å². The third-order valence-electron chi connectivity index (χ3n) is 4.05. The Morgan fingerprint density at radius 1 is 1.19 bits per heavy atom. The standard InChI is InChI=1S/C19H35NO/c1-15(2)13-17(5)19(9-12-21-14-16(3)4)18-7-6-10-20-11-8-18/h13,16,18,20H,6-12,14H2,1-5H3/b19-17+. The lowest BCUT2D eigenvalue weighted by Gasteiger charge is -2.21. The number of rotatable bonds is 7. The molecule has 0 saturated carbocycles. The summed E-state index contributed by atoms with van der Waals surface area (Å²) in [7, 11) is 0. The second-order valence-electron chi connectivity index (χ2n) is 7.03. The Balaban J connectivity index is 2.71. The molecule has 1 fully saturated rings. The molecule has 0 bridgehead atoms. The Kier molecular flexibility index (Phi) is 8.94. The van der Waals surface area contributed by atoms with Gasteiger partial charge in [-0.1, -0.05) is 36.6 Å². The van der Waals surface area contributed by atoms with E-state index in [9.17, 15) is 0 Å². The highest BCUT2D eigenvalue weighted by atomic mass is 16.5. The van der Waals surface area contributed by atoms with Gasteiger partial charge in [0, 0.05) is 6.61 Å². The van der Waals surface area contributed by atoms with Gasteiger partial charge in [-0.3, -0.25) is 0 Å². The Bertz CT molecular complexity index is 343. The molecule has 1 aliphatic heterocycles. The van der Waals surface area contributed by atoms with Crippen molar-refractivity contribution < 1.29 is 4.74 Å². The molecule has 1 atom stereocenters. The zero-order valence-corrected chi connectivity index (χ0v) is 14.8. The van der Waals surface area contributed by atoms with Crippen molar-refractivity contribution in [2.75, 3.05) is 26.3 Å². The van der Waals surface area contributed by atoms with Gasteiger partial charge in [-0.05, 0) is 71.4 Å². The fourth-order valence-electron chi connectivity index (χ4n) is 3.12. The van der Waals surface area contributed by atoms with Crippen molar-refractivity contribution in [3.63, 3.8) is 0 Å². The summed E-state index contributed by atoms with van der Waals surface area (Å²) >= 11 is 0. The zero-order chi connectivity index (χ0) is 15.7. The molecule has 1 rings (SSSR count). The molecule has 0 aromatic rings. The minimum Gasteiger partial charge on any atom is -0.381 e. The lowest BCUT2D eigenvalue weighted by atomic mass is 9.86. The van der Waals surface area contributed by atoms with E-state index >= 15 is 0 Å². The summed E-state index contributed by atoms with van der Waals surface area (Å²) in [5, 5.41) is 3.52. The third kappa shape index (κ3) is 7.82. The van der Waals surface area contributed by atoms with Crippen LogP contribution in [-0.2, 0) is 4.74 Å². The summed E-state index contributed by atoms with van der Waals surface area (Å²) in [5.41, 5.74) is 4.48. The molecule has 1 saturated heterocycles. The summed E-state index contributed by atoms with van der Waals surface area (Å²) in [4.78, 5) is 0. The first-order valence-corrected chi connectivity index (χ1v) is 8.63. The molecule has 2 heteroatoms. The molecule has 1 unspecified atom stereocenters. The second kappa shape index (κ2) is 10.2. The molecule has 0 amide bonds. The zero-order valence-electron chi connectivity index (χ0n) is 14.8. The fraction of sp³-hybridized carbons (Fsp3) is 0.789. The predicted octanol–water partition coefficient (Wildman–Crippen LogP) is 4.72. The van der Waals surface area contributed by atoms with Crippen LogP contribution in [0.15, 0.2) is 22.8 Å². The van der Waals surface area contributed by atoms with Gasteiger partial charge >= 0.3 is 0 Å². The second-order valence-corrected chi connectivity index (χ2v) is 7.03. The first-order valence-electron chi connectivity index (χ1n) is 8.63. The lowest BCUT2D eigenvalue weighted by molar-refractivity contribution is 0.111. The molecule has 0 aromatic heterocycles. The summed E-state index contributed by atoms with van der Waals surface area (Å²) in [6, 6.07) is 0. The summed E-state index contributed by atoms with van der Waals surface area (Å²) in [5.74, 6) is 1.36. The fourth-order valence-corrected chi connectivity index (χ4v) is 3.12. The van der Waals surface area contributed by atoms with Crippen molar-refractivity contribution in [2.24, 2.45) is 11.8 Å². The van der Waals surface area contributed by atoms with Crippen molar-refractivity contribution in [3.8, 4) is 0 Å². The quantitative estimate of drug-likeness (QED) is 0.541. The van der Waals surface area contributed by atoms with Crippen molar-refractivity contribution in [3.05, 3.63) is 22.8 Å². The average molecular weight is 293 g/mol. The number of allylic oxidation sites excluding steroid dienone is 3. The molecule has 21 heavy (non-hydrogen) atoms. The van der Waals surface area contributed by atoms with Crippen LogP contribution in [0.5, 0.6) is 0 Å². The molecule has 0 aliphatic carbocycles. The predicted molar refractivity (Wildman–Crippen MR) is 92.6 cm³/mol. The molecule has 2 nitrogen and oxygen atoms in total. The van der Waals surface area contributed by atoms with Crippen LogP contribution in [0.3, 0.4) is 0 Å². The van der Waals surface area contributed by atoms with Gasteiger partial charge < -0.3 is 10.1 Å². The molecule has 1 heterocycles. The minimum absolute atomic E-state index is 0.624. The first kappa shape index (κ1) is 18.4. The molecule has 0 spiro atoms. The Hall–Kier alpha value is -0.600. The van der Waals surface area contributed by atoms with E-state index in [1.165, 1.54) is 37.0 Å². The van der Waals surface area contributed by atoms with Gasteiger partial charge in [0.05, 0.1) is 6.61 Å². The Morgan fingerprint density at radius 2 is 1.95 bits per heavy atom. The van der Waals surface area contributed by atoms with Gasteiger partial charge in [-0.15, -0.1) is 0 Å². The Labute approximate surface area is 132 Å². The molecule has 0 radical (unpaired) electrons. The summed E-state index contributed by atoms with van der Waals surface area (Å²) < 4.78 is 5.83. The topological polar surface area (TPSA) is 21.3 Å². The molecular formula is C19H35NO. The van der Waals surface area contributed by atoms with E-state index in [4.69, 9.17) is 4.74 Å². The minimum atomic E-state index is 0.624. The summed E-state index contributed by atoms with van der Waals surface area (Å²) in [6.45, 7) is 15.1. The number of hydrogen-bond acceptors (Lipinski definition) is 2. The van der Waals surface area contributed by atoms with Crippen LogP contribution in [0.25, 0.3) is 0 Å². The number of ether oxygens (including phenoxy) is 1. The SMILES string of the molecule is CC(C)=C/C(C)=C(\CCOCC(C)C)C1CCCNCC1. The largest absolute Gasteiger partial charge is 0.381 e. The van der Waals surface area contributed by atoms with Crippen LogP contribution in [0.1, 0.15) is 60.3 Å². The molecular weight excluding hydrogens is 258 g/mol. The maximum Gasteiger partial charge on any atom is 0.0503 e. The normalized spacial score (nSPS) is 21.0. The lowest BCUT2D eigenvalue weighted by Crippen LogP contribution is -2.15. The van der Waals surface area contributed by atoms with E-state index in [1.54, 1.807) is 5.57 Å². The van der Waals surface area contributed by atoms with Crippen LogP contribution >= 0.6 is 0 Å². The van der Waals surface area contributed by atoms with Gasteiger partial charge in [-0.2, -0.15) is 0 Å². The Morgan fingerprint density at radius 3 is 2.62 bits per heavy atom. The monoisotopic (exact) mass is 293 g/mol. The van der Waals surface area contributed by atoms with Crippen molar-refractivity contribution >= 4 is 0 Å². The summed E-state index contributed by atoms with van der Waals surface area (Å²) in [6.07, 6.45) is 7.32. The van der Waals surface area contributed by atoms with E-state index < -0.39 is 0 Å². The van der Waals surface area contributed by atoms with Crippen LogP contribution in [0, 0.1) is 11.8 Å². The van der Waals surface area contributed by atoms with E-state index in [0.717, 1.165) is 32.1 Å². The van der Waals surface area contributed by atoms with E-state index in [0.29, 0.717) is 5.92 Å². The van der Waals surface area contributed by atoms with Crippen molar-refractivity contribution in [2.45, 2.75) is 60.3 Å². The number of nitrogens with one attached hydrogen (secondary N) is 1. The van der Waals surface area contributed by atoms with Crippen LogP contribution in [0.2, 0.25) is 0 Å². The molecule has 1 aliphatic rings. The highest BCUT2D eigenvalue weighted by Crippen LogP contribution is 2.28. The van der Waals surface area contributed by atoms with Crippen LogP contribution in [0.4, 0.5) is 0 Å². The van der Waals surface area contributed by atoms with E-state index in [-0.39, 0.29) is 0 Å². The maximum absolute atomic E-state index is 5.83. The van der Waals surface area contributed by atoms with E-state index in [2.05, 4.69) is 46.0 Å². The third-order valence-corrected chi connectivity index (χ3v) is 4.05. The van der Waals surface area contributed by atoms with Crippen LogP contribution in [-0.4, -0.2) is 26.3 Å². The highest BCUT2D eigenvalue weighted by molar-refractivity contribution is 5.28. The smallest absolute Gasteiger partial charge is 0.0503 e.